The number of benzene rings is 1. The van der Waals surface area contributed by atoms with E-state index in [0.29, 0.717) is 17.5 Å². The first-order valence-corrected chi connectivity index (χ1v) is 7.79. The van der Waals surface area contributed by atoms with Crippen LogP contribution in [0.3, 0.4) is 0 Å². The number of urea groups is 1. The van der Waals surface area contributed by atoms with E-state index in [1.165, 1.54) is 0 Å². The van der Waals surface area contributed by atoms with Crippen molar-refractivity contribution in [3.63, 3.8) is 0 Å². The van der Waals surface area contributed by atoms with Crippen molar-refractivity contribution in [2.75, 3.05) is 29.9 Å². The molecule has 0 bridgehead atoms. The Labute approximate surface area is 138 Å². The zero-order chi connectivity index (χ0) is 16.2. The Morgan fingerprint density at radius 1 is 1.43 bits per heavy atom. The van der Waals surface area contributed by atoms with Crippen LogP contribution in [0.25, 0.3) is 0 Å². The van der Waals surface area contributed by atoms with E-state index in [1.54, 1.807) is 24.1 Å². The van der Waals surface area contributed by atoms with Gasteiger partial charge in [-0.05, 0) is 42.3 Å². The highest BCUT2D eigenvalue weighted by molar-refractivity contribution is 6.30. The number of aromatic amines is 1. The minimum absolute atomic E-state index is 0.0458. The number of anilines is 2. The van der Waals surface area contributed by atoms with E-state index in [9.17, 15) is 4.79 Å². The largest absolute Gasteiger partial charge is 0.336 e. The third-order valence-corrected chi connectivity index (χ3v) is 4.14. The van der Waals surface area contributed by atoms with Crippen molar-refractivity contribution < 1.29 is 4.79 Å². The highest BCUT2D eigenvalue weighted by Crippen LogP contribution is 2.18. The Balaban J connectivity index is 1.59. The molecule has 0 saturated carbocycles. The topological polar surface area (TPSA) is 90.0 Å². The molecule has 1 saturated heterocycles. The number of rotatable bonds is 3. The quantitative estimate of drug-likeness (QED) is 0.890. The third kappa shape index (κ3) is 3.70. The lowest BCUT2D eigenvalue weighted by atomic mass is 10.1. The number of carbonyl (C=O) groups excluding carboxylic acids is 1. The van der Waals surface area contributed by atoms with Crippen molar-refractivity contribution >= 4 is 29.3 Å². The number of amides is 2. The van der Waals surface area contributed by atoms with Crippen LogP contribution in [0.4, 0.5) is 16.4 Å². The number of halogens is 1. The van der Waals surface area contributed by atoms with E-state index in [2.05, 4.69) is 25.9 Å². The summed E-state index contributed by atoms with van der Waals surface area (Å²) in [7, 11) is 1.73. The highest BCUT2D eigenvalue weighted by atomic mass is 35.5. The maximum Gasteiger partial charge on any atom is 0.321 e. The van der Waals surface area contributed by atoms with E-state index in [1.807, 2.05) is 17.0 Å². The second-order valence-corrected chi connectivity index (χ2v) is 5.92. The molecule has 1 aliphatic heterocycles. The fraction of sp³-hybridized carbons (Fsp3) is 0.429. The zero-order valence-corrected chi connectivity index (χ0v) is 13.5. The zero-order valence-electron chi connectivity index (χ0n) is 12.7. The second-order valence-electron chi connectivity index (χ2n) is 5.48. The molecule has 3 rings (SSSR count). The van der Waals surface area contributed by atoms with Gasteiger partial charge in [0.2, 0.25) is 0 Å². The molecule has 0 unspecified atom stereocenters. The molecule has 0 radical (unpaired) electrons. The molecule has 9 heteroatoms. The van der Waals surface area contributed by atoms with Crippen LogP contribution in [0.2, 0.25) is 5.02 Å². The average Bonchev–Trinajstić information content (AvgIpc) is 3.10. The molecule has 8 nitrogen and oxygen atoms in total. The number of hydrogen-bond donors (Lipinski definition) is 2. The van der Waals surface area contributed by atoms with E-state index in [-0.39, 0.29) is 12.1 Å². The van der Waals surface area contributed by atoms with Crippen molar-refractivity contribution in [3.05, 3.63) is 29.3 Å². The van der Waals surface area contributed by atoms with Crippen molar-refractivity contribution in [1.29, 1.82) is 0 Å². The molecular formula is C14H18ClN7O. The van der Waals surface area contributed by atoms with Crippen molar-refractivity contribution in [1.82, 2.24) is 25.9 Å². The van der Waals surface area contributed by atoms with Gasteiger partial charge in [0.25, 0.3) is 5.95 Å². The standard InChI is InChI=1S/C14H18ClN7O/c1-21(12-6-4-10(15)5-7-12)14(23)16-11-3-2-8-22(9-11)13-17-19-20-18-13/h4-7,11H,2-3,8-9H2,1H3,(H,16,23)(H,17,18,19,20)/t11-/m1/s1. The number of H-pyrrole nitrogens is 1. The van der Waals surface area contributed by atoms with Gasteiger partial charge in [0.15, 0.2) is 0 Å². The molecule has 1 atom stereocenters. The smallest absolute Gasteiger partial charge is 0.321 e. The molecular weight excluding hydrogens is 318 g/mol. The first kappa shape index (κ1) is 15.5. The molecule has 1 aliphatic rings. The molecule has 0 aliphatic carbocycles. The SMILES string of the molecule is CN(C(=O)N[C@@H]1CCCN(c2nn[nH]n2)C1)c1ccc(Cl)cc1. The number of tetrazole rings is 1. The number of carbonyl (C=O) groups is 1. The third-order valence-electron chi connectivity index (χ3n) is 3.88. The summed E-state index contributed by atoms with van der Waals surface area (Å²) < 4.78 is 0. The van der Waals surface area contributed by atoms with Gasteiger partial charge in [-0.1, -0.05) is 16.7 Å². The van der Waals surface area contributed by atoms with Gasteiger partial charge < -0.3 is 10.2 Å². The molecule has 122 valence electrons. The van der Waals surface area contributed by atoms with Gasteiger partial charge in [-0.25, -0.2) is 4.79 Å². The van der Waals surface area contributed by atoms with E-state index >= 15 is 0 Å². The summed E-state index contributed by atoms with van der Waals surface area (Å²) in [4.78, 5) is 16.0. The van der Waals surface area contributed by atoms with Crippen LogP contribution in [0, 0.1) is 0 Å². The fourth-order valence-electron chi connectivity index (χ4n) is 2.62. The molecule has 1 fully saturated rings. The highest BCUT2D eigenvalue weighted by Gasteiger charge is 2.24. The molecule has 2 N–H and O–H groups in total. The van der Waals surface area contributed by atoms with Crippen molar-refractivity contribution in [2.24, 2.45) is 0 Å². The number of piperidine rings is 1. The number of hydrogen-bond acceptors (Lipinski definition) is 5. The molecule has 1 aromatic carbocycles. The summed E-state index contributed by atoms with van der Waals surface area (Å²) in [5, 5.41) is 17.7. The van der Waals surface area contributed by atoms with Crippen LogP contribution in [0.1, 0.15) is 12.8 Å². The average molecular weight is 336 g/mol. The van der Waals surface area contributed by atoms with Crippen LogP contribution in [-0.4, -0.2) is 52.8 Å². The Morgan fingerprint density at radius 2 is 2.22 bits per heavy atom. The molecule has 2 heterocycles. The van der Waals surface area contributed by atoms with Crippen molar-refractivity contribution in [2.45, 2.75) is 18.9 Å². The lowest BCUT2D eigenvalue weighted by Crippen LogP contribution is -2.51. The predicted molar refractivity (Wildman–Crippen MR) is 87.8 cm³/mol. The summed E-state index contributed by atoms with van der Waals surface area (Å²) in [5.41, 5.74) is 0.790. The molecule has 2 amide bonds. The van der Waals surface area contributed by atoms with Gasteiger partial charge >= 0.3 is 6.03 Å². The van der Waals surface area contributed by atoms with Gasteiger partial charge in [0.05, 0.1) is 0 Å². The number of aromatic nitrogens is 4. The van der Waals surface area contributed by atoms with E-state index in [4.69, 9.17) is 11.6 Å². The first-order valence-electron chi connectivity index (χ1n) is 7.41. The lowest BCUT2D eigenvalue weighted by molar-refractivity contribution is 0.241. The van der Waals surface area contributed by atoms with E-state index in [0.717, 1.165) is 25.1 Å². The van der Waals surface area contributed by atoms with Gasteiger partial charge in [0, 0.05) is 36.9 Å². The number of nitrogens with one attached hydrogen (secondary N) is 2. The van der Waals surface area contributed by atoms with Crippen LogP contribution in [0.5, 0.6) is 0 Å². The normalized spacial score (nSPS) is 17.8. The summed E-state index contributed by atoms with van der Waals surface area (Å²) in [6, 6.07) is 7.05. The van der Waals surface area contributed by atoms with Crippen LogP contribution < -0.4 is 15.1 Å². The Hall–Kier alpha value is -2.35. The Morgan fingerprint density at radius 3 is 2.91 bits per heavy atom. The lowest BCUT2D eigenvalue weighted by Gasteiger charge is -2.33. The first-order chi connectivity index (χ1) is 11.1. The predicted octanol–water partition coefficient (Wildman–Crippen LogP) is 1.67. The Bertz CT molecular complexity index is 646. The minimum Gasteiger partial charge on any atom is -0.336 e. The maximum absolute atomic E-state index is 12.4. The van der Waals surface area contributed by atoms with Gasteiger partial charge in [-0.2, -0.15) is 5.21 Å². The summed E-state index contributed by atoms with van der Waals surface area (Å²) in [6.07, 6.45) is 1.89. The molecule has 23 heavy (non-hydrogen) atoms. The second kappa shape index (κ2) is 6.82. The number of nitrogens with zero attached hydrogens (tertiary/aromatic N) is 5. The monoisotopic (exact) mass is 335 g/mol. The van der Waals surface area contributed by atoms with Crippen LogP contribution in [0.15, 0.2) is 24.3 Å². The van der Waals surface area contributed by atoms with Crippen molar-refractivity contribution in [3.8, 4) is 0 Å². The minimum atomic E-state index is -0.146. The van der Waals surface area contributed by atoms with Gasteiger partial charge in [-0.3, -0.25) is 4.90 Å². The molecule has 0 spiro atoms. The van der Waals surface area contributed by atoms with Crippen LogP contribution >= 0.6 is 11.6 Å². The Kier molecular flexibility index (Phi) is 4.61. The van der Waals surface area contributed by atoms with E-state index < -0.39 is 0 Å². The fourth-order valence-corrected chi connectivity index (χ4v) is 2.75. The van der Waals surface area contributed by atoms with Gasteiger partial charge in [0.1, 0.15) is 0 Å². The molecule has 2 aromatic rings. The maximum atomic E-state index is 12.4. The summed E-state index contributed by atoms with van der Waals surface area (Å²) in [5.74, 6) is 0.565. The van der Waals surface area contributed by atoms with Crippen LogP contribution in [-0.2, 0) is 0 Å². The summed E-state index contributed by atoms with van der Waals surface area (Å²) in [6.45, 7) is 1.53. The summed E-state index contributed by atoms with van der Waals surface area (Å²) >= 11 is 5.87. The molecule has 1 aromatic heterocycles. The van der Waals surface area contributed by atoms with Gasteiger partial charge in [-0.15, -0.1) is 5.10 Å².